The van der Waals surface area contributed by atoms with Gasteiger partial charge < -0.3 is 20.1 Å². The highest BCUT2D eigenvalue weighted by atomic mass is 31.2. The molecule has 9 nitrogen and oxygen atoms in total. The number of allylic oxidation sites excluding steroid dienone is 4. The quantitative estimate of drug-likeness (QED) is 0.0239. The Bertz CT molecular complexity index is 1010. The molecule has 0 aromatic heterocycles. The number of phosphoric ester groups is 1. The molecule has 0 saturated heterocycles. The Kier molecular flexibility index (Phi) is 43.9. The number of carbonyl (C=O) groups is 2. The Hall–Kier alpha value is -1.51. The molecule has 0 spiro atoms. The second-order valence-electron chi connectivity index (χ2n) is 16.4. The van der Waals surface area contributed by atoms with Gasteiger partial charge in [0.05, 0.1) is 13.2 Å². The van der Waals surface area contributed by atoms with Crippen LogP contribution in [0.25, 0.3) is 0 Å². The molecule has 0 fully saturated rings. The molecule has 0 rings (SSSR count). The third kappa shape index (κ3) is 45.6. The van der Waals surface area contributed by atoms with Gasteiger partial charge in [0.2, 0.25) is 5.91 Å². The van der Waals surface area contributed by atoms with E-state index >= 15 is 0 Å². The highest BCUT2D eigenvalue weighted by Gasteiger charge is 2.23. The molecule has 0 aromatic carbocycles. The van der Waals surface area contributed by atoms with Gasteiger partial charge >= 0.3 is 13.8 Å². The molecule has 0 aromatic rings. The number of amides is 1. The monoisotopic (exact) mass is 842 g/mol. The predicted octanol–water partition coefficient (Wildman–Crippen LogP) is 13.9. The molecule has 0 heterocycles. The summed E-state index contributed by atoms with van der Waals surface area (Å²) in [5, 5.41) is 12.7. The first-order valence-corrected chi connectivity index (χ1v) is 25.8. The van der Waals surface area contributed by atoms with Gasteiger partial charge in [-0.15, -0.1) is 0 Å². The van der Waals surface area contributed by atoms with Gasteiger partial charge in [0.1, 0.15) is 12.7 Å². The lowest BCUT2D eigenvalue weighted by Gasteiger charge is -2.15. The summed E-state index contributed by atoms with van der Waals surface area (Å²) in [6.07, 6.45) is 49.7. The second-order valence-corrected chi connectivity index (χ2v) is 17.9. The van der Waals surface area contributed by atoms with Gasteiger partial charge in [-0.2, -0.15) is 0 Å². The summed E-state index contributed by atoms with van der Waals surface area (Å²) in [5.74, 6) is -0.508. The van der Waals surface area contributed by atoms with Crippen molar-refractivity contribution in [1.29, 1.82) is 0 Å². The van der Waals surface area contributed by atoms with Crippen LogP contribution in [0.2, 0.25) is 0 Å². The first-order chi connectivity index (χ1) is 28.3. The van der Waals surface area contributed by atoms with Crippen molar-refractivity contribution in [3.8, 4) is 0 Å². The number of rotatable bonds is 46. The molecule has 2 unspecified atom stereocenters. The molecule has 3 N–H and O–H groups in total. The summed E-state index contributed by atoms with van der Waals surface area (Å²) < 4.78 is 26.9. The van der Waals surface area contributed by atoms with E-state index < -0.39 is 26.5 Å². The summed E-state index contributed by atoms with van der Waals surface area (Å²) in [7, 11) is -4.41. The molecule has 1 amide bonds. The fraction of sp³-hybridized carbons (Fsp3) is 0.875. The Labute approximate surface area is 357 Å². The van der Waals surface area contributed by atoms with Crippen molar-refractivity contribution in [2.24, 2.45) is 0 Å². The topological polar surface area (TPSA) is 131 Å². The molecule has 342 valence electrons. The lowest BCUT2D eigenvalue weighted by Crippen LogP contribution is -2.27. The minimum atomic E-state index is -4.41. The van der Waals surface area contributed by atoms with Crippen LogP contribution in [-0.4, -0.2) is 54.3 Å². The van der Waals surface area contributed by atoms with Crippen LogP contribution in [-0.2, 0) is 27.9 Å². The van der Waals surface area contributed by atoms with Gasteiger partial charge in [-0.3, -0.25) is 18.6 Å². The Morgan fingerprint density at radius 2 is 0.931 bits per heavy atom. The lowest BCUT2D eigenvalue weighted by atomic mass is 10.0. The van der Waals surface area contributed by atoms with Crippen molar-refractivity contribution in [2.45, 2.75) is 245 Å². The zero-order valence-corrected chi connectivity index (χ0v) is 38.6. The van der Waals surface area contributed by atoms with Gasteiger partial charge in [-0.05, 0) is 44.9 Å². The number of nitrogens with one attached hydrogen (secondary N) is 1. The third-order valence-corrected chi connectivity index (χ3v) is 11.6. The normalized spacial score (nSPS) is 13.4. The van der Waals surface area contributed by atoms with E-state index in [9.17, 15) is 24.2 Å². The average Bonchev–Trinajstić information content (AvgIpc) is 3.21. The molecular weight excluding hydrogens is 750 g/mol. The summed E-state index contributed by atoms with van der Waals surface area (Å²) in [6.45, 7) is 3.57. The number of aliphatic hydroxyl groups is 1. The minimum Gasteiger partial charge on any atom is -0.463 e. The SMILES string of the molecule is CCCCC/C=C\C/C=C\CCCCCCCCCCCCCCCC(=O)OCC(O)COP(=O)(O)OCCNC(=O)CCCCCCCCCCCCCCCC. The summed E-state index contributed by atoms with van der Waals surface area (Å²) in [6, 6.07) is 0. The van der Waals surface area contributed by atoms with Crippen molar-refractivity contribution >= 4 is 19.7 Å². The van der Waals surface area contributed by atoms with E-state index in [-0.39, 0.29) is 32.1 Å². The van der Waals surface area contributed by atoms with E-state index in [0.29, 0.717) is 6.42 Å². The van der Waals surface area contributed by atoms with E-state index in [2.05, 4.69) is 43.5 Å². The largest absolute Gasteiger partial charge is 0.472 e. The van der Waals surface area contributed by atoms with Gasteiger partial charge in [-0.25, -0.2) is 4.57 Å². The predicted molar refractivity (Wildman–Crippen MR) is 243 cm³/mol. The van der Waals surface area contributed by atoms with E-state index in [0.717, 1.165) is 44.9 Å². The van der Waals surface area contributed by atoms with Crippen LogP contribution in [0.4, 0.5) is 0 Å². The lowest BCUT2D eigenvalue weighted by molar-refractivity contribution is -0.147. The molecule has 0 radical (unpaired) electrons. The molecule has 0 aliphatic carbocycles. The molecular formula is C48H92NO8P. The van der Waals surface area contributed by atoms with Crippen LogP contribution < -0.4 is 5.32 Å². The third-order valence-electron chi connectivity index (χ3n) is 10.6. The Balaban J connectivity index is 3.53. The number of ether oxygens (including phenoxy) is 1. The molecule has 0 saturated carbocycles. The molecule has 58 heavy (non-hydrogen) atoms. The maximum Gasteiger partial charge on any atom is 0.472 e. The zero-order valence-electron chi connectivity index (χ0n) is 37.8. The van der Waals surface area contributed by atoms with Gasteiger partial charge in [0, 0.05) is 19.4 Å². The summed E-state index contributed by atoms with van der Waals surface area (Å²) in [4.78, 5) is 34.0. The van der Waals surface area contributed by atoms with Gasteiger partial charge in [0.15, 0.2) is 0 Å². The number of unbranched alkanes of at least 4 members (excludes halogenated alkanes) is 29. The van der Waals surface area contributed by atoms with E-state index in [1.165, 1.54) is 167 Å². The number of hydrogen-bond donors (Lipinski definition) is 3. The fourth-order valence-corrected chi connectivity index (χ4v) is 7.70. The first-order valence-electron chi connectivity index (χ1n) is 24.3. The number of aliphatic hydroxyl groups excluding tert-OH is 1. The number of phosphoric acid groups is 1. The maximum absolute atomic E-state index is 12.1. The second kappa shape index (κ2) is 45.0. The fourth-order valence-electron chi connectivity index (χ4n) is 6.94. The maximum atomic E-state index is 12.1. The highest BCUT2D eigenvalue weighted by molar-refractivity contribution is 7.47. The Morgan fingerprint density at radius 1 is 0.534 bits per heavy atom. The van der Waals surface area contributed by atoms with Crippen molar-refractivity contribution in [2.75, 3.05) is 26.4 Å². The van der Waals surface area contributed by atoms with E-state index in [4.69, 9.17) is 13.8 Å². The summed E-state index contributed by atoms with van der Waals surface area (Å²) in [5.41, 5.74) is 0. The van der Waals surface area contributed by atoms with Crippen LogP contribution in [0.5, 0.6) is 0 Å². The van der Waals surface area contributed by atoms with Gasteiger partial charge in [0.25, 0.3) is 0 Å². The van der Waals surface area contributed by atoms with Crippen LogP contribution >= 0.6 is 7.82 Å². The van der Waals surface area contributed by atoms with Crippen molar-refractivity contribution in [1.82, 2.24) is 5.32 Å². The molecule has 2 atom stereocenters. The zero-order chi connectivity index (χ0) is 42.5. The standard InChI is InChI=1S/C48H92NO8P/c1-3-5-7-9-11-13-15-17-19-20-21-22-23-24-25-26-27-29-31-33-35-37-39-41-48(52)55-44-46(50)45-57-58(53,54)56-43-42-49-47(51)40-38-36-34-32-30-28-18-16-14-12-10-8-6-4-2/h11,13,17,19,46,50H,3-10,12,14-16,18,20-45H2,1-2H3,(H,49,51)(H,53,54)/b13-11-,19-17-. The smallest absolute Gasteiger partial charge is 0.463 e. The molecule has 10 heteroatoms. The van der Waals surface area contributed by atoms with Crippen LogP contribution in [0.3, 0.4) is 0 Å². The minimum absolute atomic E-state index is 0.0858. The van der Waals surface area contributed by atoms with Crippen molar-refractivity contribution < 1.29 is 37.9 Å². The van der Waals surface area contributed by atoms with E-state index in [1.54, 1.807) is 0 Å². The van der Waals surface area contributed by atoms with Crippen LogP contribution in [0.15, 0.2) is 24.3 Å². The summed E-state index contributed by atoms with van der Waals surface area (Å²) >= 11 is 0. The van der Waals surface area contributed by atoms with E-state index in [1.807, 2.05) is 0 Å². The average molecular weight is 842 g/mol. The first kappa shape index (κ1) is 56.5. The molecule has 0 aliphatic heterocycles. The van der Waals surface area contributed by atoms with Crippen molar-refractivity contribution in [3.05, 3.63) is 24.3 Å². The Morgan fingerprint density at radius 3 is 1.41 bits per heavy atom. The van der Waals surface area contributed by atoms with Crippen LogP contribution in [0.1, 0.15) is 239 Å². The van der Waals surface area contributed by atoms with Gasteiger partial charge in [-0.1, -0.05) is 205 Å². The van der Waals surface area contributed by atoms with Crippen LogP contribution in [0, 0.1) is 0 Å². The van der Waals surface area contributed by atoms with Crippen molar-refractivity contribution in [3.63, 3.8) is 0 Å². The number of esters is 1. The molecule has 0 bridgehead atoms. The highest BCUT2D eigenvalue weighted by Crippen LogP contribution is 2.42. The molecule has 0 aliphatic rings. The number of hydrogen-bond acceptors (Lipinski definition) is 7. The number of carbonyl (C=O) groups excluding carboxylic acids is 2.